The first kappa shape index (κ1) is 18.6. The molecule has 10 nitrogen and oxygen atoms in total. The molecule has 31 heavy (non-hydrogen) atoms. The van der Waals surface area contributed by atoms with Crippen LogP contribution in [0.5, 0.6) is 0 Å². The molecule has 4 N–H and O–H groups in total. The fourth-order valence-electron chi connectivity index (χ4n) is 3.62. The average molecular weight is 414 g/mol. The van der Waals surface area contributed by atoms with Gasteiger partial charge in [0.05, 0.1) is 29.0 Å². The molecule has 0 saturated heterocycles. The van der Waals surface area contributed by atoms with E-state index in [-0.39, 0.29) is 11.9 Å². The molecule has 4 aromatic rings. The van der Waals surface area contributed by atoms with E-state index in [0.717, 1.165) is 22.2 Å². The van der Waals surface area contributed by atoms with Gasteiger partial charge in [-0.1, -0.05) is 12.1 Å². The number of aromatic amines is 1. The Morgan fingerprint density at radius 3 is 2.77 bits per heavy atom. The number of aromatic nitrogens is 5. The molecule has 1 atom stereocenters. The molecule has 0 fully saturated rings. The van der Waals surface area contributed by atoms with Gasteiger partial charge in [-0.3, -0.25) is 9.89 Å². The molecule has 1 unspecified atom stereocenters. The molecule has 3 amide bonds. The predicted molar refractivity (Wildman–Crippen MR) is 113 cm³/mol. The first-order valence-electron chi connectivity index (χ1n) is 9.56. The number of nitrogens with one attached hydrogen (secondary N) is 4. The third-order valence-electron chi connectivity index (χ3n) is 5.12. The molecule has 0 bridgehead atoms. The Hall–Kier alpha value is -4.47. The van der Waals surface area contributed by atoms with Crippen molar-refractivity contribution in [3.63, 3.8) is 0 Å². The maximum atomic E-state index is 13.2. The van der Waals surface area contributed by atoms with E-state index in [1.165, 1.54) is 6.33 Å². The van der Waals surface area contributed by atoms with Crippen LogP contribution in [0.2, 0.25) is 0 Å². The van der Waals surface area contributed by atoms with E-state index in [2.05, 4.69) is 36.2 Å². The van der Waals surface area contributed by atoms with Gasteiger partial charge in [-0.15, -0.1) is 0 Å². The Morgan fingerprint density at radius 1 is 1.16 bits per heavy atom. The SMILES string of the molecule is CC1=C(C(=O)Nc2ccc3[nH]ncc3c2)C(c2ccc(-n3cncn3)cc2)NC(=O)N1. The van der Waals surface area contributed by atoms with E-state index in [0.29, 0.717) is 17.0 Å². The number of fused-ring (bicyclic) bond motifs is 1. The molecule has 3 heterocycles. The third-order valence-corrected chi connectivity index (χ3v) is 5.12. The van der Waals surface area contributed by atoms with Crippen molar-refractivity contribution in [2.75, 3.05) is 5.32 Å². The zero-order chi connectivity index (χ0) is 21.4. The summed E-state index contributed by atoms with van der Waals surface area (Å²) in [5.41, 5.74) is 4.04. The number of hydrogen-bond donors (Lipinski definition) is 4. The number of urea groups is 1. The number of carbonyl (C=O) groups excluding carboxylic acids is 2. The number of amides is 3. The van der Waals surface area contributed by atoms with E-state index in [9.17, 15) is 9.59 Å². The summed E-state index contributed by atoms with van der Waals surface area (Å²) in [6.07, 6.45) is 4.74. The molecular formula is C21H18N8O2. The highest BCUT2D eigenvalue weighted by Crippen LogP contribution is 2.29. The van der Waals surface area contributed by atoms with Crippen LogP contribution < -0.4 is 16.0 Å². The molecule has 1 aliphatic heterocycles. The van der Waals surface area contributed by atoms with E-state index >= 15 is 0 Å². The molecule has 154 valence electrons. The van der Waals surface area contributed by atoms with Crippen molar-refractivity contribution in [3.05, 3.63) is 78.1 Å². The number of carbonyl (C=O) groups is 2. The van der Waals surface area contributed by atoms with Crippen molar-refractivity contribution in [2.24, 2.45) is 0 Å². The highest BCUT2D eigenvalue weighted by Gasteiger charge is 2.31. The standard InChI is InChI=1S/C21H18N8O2/c1-12-18(20(30)26-15-4-7-17-14(8-15)9-23-28-17)19(27-21(31)25-12)13-2-5-16(6-3-13)29-11-22-10-24-29/h2-11,19H,1H3,(H,23,28)(H,26,30)(H2,25,27,31). The number of hydrogen-bond acceptors (Lipinski definition) is 5. The Kier molecular flexibility index (Phi) is 4.43. The minimum absolute atomic E-state index is 0.307. The van der Waals surface area contributed by atoms with Gasteiger partial charge in [0.1, 0.15) is 12.7 Å². The van der Waals surface area contributed by atoms with Gasteiger partial charge in [-0.05, 0) is 42.8 Å². The highest BCUT2D eigenvalue weighted by molar-refractivity contribution is 6.07. The molecule has 2 aromatic heterocycles. The van der Waals surface area contributed by atoms with Crippen molar-refractivity contribution in [2.45, 2.75) is 13.0 Å². The van der Waals surface area contributed by atoms with E-state index in [4.69, 9.17) is 0 Å². The van der Waals surface area contributed by atoms with E-state index < -0.39 is 6.04 Å². The number of benzene rings is 2. The van der Waals surface area contributed by atoms with E-state index in [1.807, 2.05) is 36.4 Å². The van der Waals surface area contributed by atoms with Gasteiger partial charge in [0.25, 0.3) is 5.91 Å². The summed E-state index contributed by atoms with van der Waals surface area (Å²) < 4.78 is 1.63. The van der Waals surface area contributed by atoms with Gasteiger partial charge in [0.2, 0.25) is 0 Å². The van der Waals surface area contributed by atoms with Crippen LogP contribution in [0.15, 0.2) is 72.6 Å². The van der Waals surface area contributed by atoms with Crippen LogP contribution in [-0.4, -0.2) is 36.9 Å². The number of nitrogens with zero attached hydrogens (tertiary/aromatic N) is 4. The normalized spacial score (nSPS) is 16.2. The summed E-state index contributed by atoms with van der Waals surface area (Å²) in [6.45, 7) is 1.71. The smallest absolute Gasteiger partial charge is 0.319 e. The lowest BCUT2D eigenvalue weighted by atomic mass is 9.94. The molecule has 0 spiro atoms. The van der Waals surface area contributed by atoms with Gasteiger partial charge in [-0.25, -0.2) is 14.5 Å². The number of rotatable bonds is 4. The van der Waals surface area contributed by atoms with Crippen molar-refractivity contribution in [1.29, 1.82) is 0 Å². The van der Waals surface area contributed by atoms with Crippen LogP contribution in [0.1, 0.15) is 18.5 Å². The van der Waals surface area contributed by atoms with Crippen LogP contribution in [0.4, 0.5) is 10.5 Å². The summed E-state index contributed by atoms with van der Waals surface area (Å²) in [6, 6.07) is 11.9. The maximum absolute atomic E-state index is 13.2. The van der Waals surface area contributed by atoms with E-state index in [1.54, 1.807) is 30.2 Å². The van der Waals surface area contributed by atoms with Gasteiger partial charge in [0, 0.05) is 16.8 Å². The zero-order valence-corrected chi connectivity index (χ0v) is 16.5. The first-order valence-corrected chi connectivity index (χ1v) is 9.56. The van der Waals surface area contributed by atoms with Gasteiger partial charge in [0.15, 0.2) is 0 Å². The highest BCUT2D eigenvalue weighted by atomic mass is 16.2. The summed E-state index contributed by atoms with van der Waals surface area (Å²) in [5, 5.41) is 20.3. The van der Waals surface area contributed by atoms with Gasteiger partial charge < -0.3 is 16.0 Å². The Balaban J connectivity index is 1.45. The summed E-state index contributed by atoms with van der Waals surface area (Å²) in [4.78, 5) is 29.3. The van der Waals surface area contributed by atoms with Gasteiger partial charge in [-0.2, -0.15) is 10.2 Å². The summed E-state index contributed by atoms with van der Waals surface area (Å²) in [7, 11) is 0. The fourth-order valence-corrected chi connectivity index (χ4v) is 3.62. The molecule has 1 aliphatic rings. The Labute approximate surface area is 176 Å². The minimum Gasteiger partial charge on any atom is -0.327 e. The van der Waals surface area contributed by atoms with Crippen molar-refractivity contribution in [1.82, 2.24) is 35.6 Å². The van der Waals surface area contributed by atoms with Crippen LogP contribution in [0.3, 0.4) is 0 Å². The molecule has 0 radical (unpaired) electrons. The zero-order valence-electron chi connectivity index (χ0n) is 16.5. The molecule has 2 aromatic carbocycles. The summed E-state index contributed by atoms with van der Waals surface area (Å²) in [5.74, 6) is -0.307. The lowest BCUT2D eigenvalue weighted by molar-refractivity contribution is -0.113. The van der Waals surface area contributed by atoms with Crippen molar-refractivity contribution >= 4 is 28.5 Å². The lowest BCUT2D eigenvalue weighted by Gasteiger charge is -2.28. The number of allylic oxidation sites excluding steroid dienone is 1. The first-order chi connectivity index (χ1) is 15.1. The second-order valence-corrected chi connectivity index (χ2v) is 7.13. The largest absolute Gasteiger partial charge is 0.327 e. The second-order valence-electron chi connectivity index (χ2n) is 7.13. The molecule has 5 rings (SSSR count). The number of H-pyrrole nitrogens is 1. The Morgan fingerprint density at radius 2 is 2.00 bits per heavy atom. The Bertz CT molecular complexity index is 1300. The van der Waals surface area contributed by atoms with Crippen LogP contribution in [0, 0.1) is 0 Å². The predicted octanol–water partition coefficient (Wildman–Crippen LogP) is 2.41. The molecular weight excluding hydrogens is 396 g/mol. The topological polar surface area (TPSA) is 130 Å². The third kappa shape index (κ3) is 3.50. The van der Waals surface area contributed by atoms with Gasteiger partial charge >= 0.3 is 6.03 Å². The maximum Gasteiger partial charge on any atom is 0.319 e. The van der Waals surface area contributed by atoms with Crippen molar-refractivity contribution in [3.8, 4) is 5.69 Å². The quantitative estimate of drug-likeness (QED) is 0.407. The summed E-state index contributed by atoms with van der Waals surface area (Å²) >= 11 is 0. The van der Waals surface area contributed by atoms with Crippen molar-refractivity contribution < 1.29 is 9.59 Å². The fraction of sp³-hybridized carbons (Fsp3) is 0.0952. The molecule has 0 saturated carbocycles. The molecule has 0 aliphatic carbocycles. The number of anilines is 1. The average Bonchev–Trinajstić information content (AvgIpc) is 3.45. The lowest BCUT2D eigenvalue weighted by Crippen LogP contribution is -2.45. The monoisotopic (exact) mass is 414 g/mol. The van der Waals surface area contributed by atoms with Crippen LogP contribution >= 0.6 is 0 Å². The van der Waals surface area contributed by atoms with Crippen LogP contribution in [-0.2, 0) is 4.79 Å². The van der Waals surface area contributed by atoms with Crippen LogP contribution in [0.25, 0.3) is 16.6 Å². The molecule has 10 heteroatoms. The minimum atomic E-state index is -0.601. The second kappa shape index (κ2) is 7.41.